The molecule has 0 aromatic heterocycles. The molecule has 0 aliphatic heterocycles. The molecule has 0 fully saturated rings. The Hall–Kier alpha value is -2.61. The number of rotatable bonds is 5. The second-order valence-electron chi connectivity index (χ2n) is 4.72. The van der Waals surface area contributed by atoms with Crippen molar-refractivity contribution >= 4 is 17.3 Å². The molecule has 0 amide bonds. The molecule has 0 saturated heterocycles. The molecule has 0 spiro atoms. The number of nitrogens with two attached hydrogens (primary N) is 1. The Labute approximate surface area is 130 Å². The summed E-state index contributed by atoms with van der Waals surface area (Å²) in [7, 11) is 0. The molecule has 1 aromatic rings. The van der Waals surface area contributed by atoms with Gasteiger partial charge in [0.05, 0.1) is 5.70 Å². The number of nitro groups is 2. The smallest absolute Gasteiger partial charge is 0.397 e. The molecule has 9 heteroatoms. The minimum Gasteiger partial charge on any atom is -0.397 e. The van der Waals surface area contributed by atoms with Crippen molar-refractivity contribution in [3.05, 3.63) is 73.4 Å². The summed E-state index contributed by atoms with van der Waals surface area (Å²) in [6.07, 6.45) is 2.69. The number of benzene rings is 1. The van der Waals surface area contributed by atoms with Gasteiger partial charge in [-0.15, -0.1) is 0 Å². The number of halogens is 1. The zero-order valence-corrected chi connectivity index (χ0v) is 12.1. The molecule has 0 bridgehead atoms. The van der Waals surface area contributed by atoms with Crippen molar-refractivity contribution in [3.63, 3.8) is 0 Å². The fourth-order valence-corrected chi connectivity index (χ4v) is 2.64. The molecule has 1 aromatic carbocycles. The Bertz CT molecular complexity index is 645. The number of hydrogen-bond acceptors (Lipinski definition) is 6. The van der Waals surface area contributed by atoms with Crippen molar-refractivity contribution in [1.29, 1.82) is 0 Å². The highest BCUT2D eigenvalue weighted by Gasteiger charge is 2.66. The molecule has 8 nitrogen and oxygen atoms in total. The normalized spacial score (nSPS) is 19.8. The Morgan fingerprint density at radius 3 is 2.36 bits per heavy atom. The van der Waals surface area contributed by atoms with E-state index in [0.29, 0.717) is 5.69 Å². The average molecular weight is 325 g/mol. The van der Waals surface area contributed by atoms with Crippen LogP contribution in [-0.2, 0) is 0 Å². The lowest BCUT2D eigenvalue weighted by Gasteiger charge is -2.26. The first-order chi connectivity index (χ1) is 10.4. The highest BCUT2D eigenvalue weighted by atomic mass is 35.5. The molecule has 0 saturated carbocycles. The van der Waals surface area contributed by atoms with Gasteiger partial charge in [0.2, 0.25) is 0 Å². The van der Waals surface area contributed by atoms with E-state index < -0.39 is 26.5 Å². The van der Waals surface area contributed by atoms with Gasteiger partial charge in [-0.25, -0.2) is 0 Å². The van der Waals surface area contributed by atoms with Crippen LogP contribution in [0, 0.1) is 26.1 Å². The third-order valence-corrected chi connectivity index (χ3v) is 3.95. The van der Waals surface area contributed by atoms with E-state index in [1.165, 1.54) is 12.2 Å². The van der Waals surface area contributed by atoms with Crippen LogP contribution >= 0.6 is 11.6 Å². The van der Waals surface area contributed by atoms with Gasteiger partial charge in [-0.2, -0.15) is 0 Å². The van der Waals surface area contributed by atoms with Gasteiger partial charge >= 0.3 is 5.66 Å². The van der Waals surface area contributed by atoms with Gasteiger partial charge in [-0.3, -0.25) is 20.2 Å². The van der Waals surface area contributed by atoms with Crippen LogP contribution < -0.4 is 11.1 Å². The van der Waals surface area contributed by atoms with E-state index in [9.17, 15) is 20.2 Å². The third kappa shape index (κ3) is 2.48. The second kappa shape index (κ2) is 6.02. The van der Waals surface area contributed by atoms with E-state index in [1.807, 2.05) is 6.07 Å². The minimum absolute atomic E-state index is 0.0357. The van der Waals surface area contributed by atoms with Gasteiger partial charge in [0.1, 0.15) is 15.8 Å². The van der Waals surface area contributed by atoms with Crippen molar-refractivity contribution in [2.45, 2.75) is 5.66 Å². The summed E-state index contributed by atoms with van der Waals surface area (Å²) in [6, 6.07) is 8.86. The SMILES string of the molecule is NC1=C(Cl)C([N+](=O)[O-])([N+](=O)[O-])C(CNc2ccccc2)C=C1. The Kier molecular flexibility index (Phi) is 4.32. The predicted octanol–water partition coefficient (Wildman–Crippen LogP) is 1.94. The molecule has 1 unspecified atom stereocenters. The monoisotopic (exact) mass is 324 g/mol. The van der Waals surface area contributed by atoms with Crippen LogP contribution in [0.1, 0.15) is 0 Å². The summed E-state index contributed by atoms with van der Waals surface area (Å²) < 4.78 is 0. The first kappa shape index (κ1) is 15.8. The Morgan fingerprint density at radius 2 is 1.82 bits per heavy atom. The molecule has 0 heterocycles. The van der Waals surface area contributed by atoms with Crippen molar-refractivity contribution in [2.24, 2.45) is 11.7 Å². The minimum atomic E-state index is -2.68. The van der Waals surface area contributed by atoms with Gasteiger partial charge in [0.15, 0.2) is 5.03 Å². The van der Waals surface area contributed by atoms with Crippen LogP contribution in [0.3, 0.4) is 0 Å². The zero-order chi connectivity index (χ0) is 16.3. The first-order valence-corrected chi connectivity index (χ1v) is 6.70. The molecule has 0 radical (unpaired) electrons. The maximum absolute atomic E-state index is 11.4. The van der Waals surface area contributed by atoms with E-state index in [-0.39, 0.29) is 12.2 Å². The van der Waals surface area contributed by atoms with Crippen LogP contribution in [0.4, 0.5) is 5.69 Å². The lowest BCUT2D eigenvalue weighted by atomic mass is 9.87. The number of nitrogens with zero attached hydrogens (tertiary/aromatic N) is 2. The number of nitrogens with one attached hydrogen (secondary N) is 1. The number of para-hydroxylation sites is 1. The molecule has 1 aliphatic rings. The summed E-state index contributed by atoms with van der Waals surface area (Å²) in [4.78, 5) is 20.9. The molecule has 2 rings (SSSR count). The van der Waals surface area contributed by atoms with Gasteiger partial charge in [-0.05, 0) is 18.2 Å². The quantitative estimate of drug-likeness (QED) is 0.484. The lowest BCUT2D eigenvalue weighted by Crippen LogP contribution is -2.56. The van der Waals surface area contributed by atoms with E-state index in [0.717, 1.165) is 0 Å². The van der Waals surface area contributed by atoms with E-state index in [4.69, 9.17) is 17.3 Å². The van der Waals surface area contributed by atoms with Gasteiger partial charge in [0, 0.05) is 12.2 Å². The van der Waals surface area contributed by atoms with Crippen LogP contribution in [0.5, 0.6) is 0 Å². The van der Waals surface area contributed by atoms with Crippen LogP contribution in [0.15, 0.2) is 53.2 Å². The average Bonchev–Trinajstić information content (AvgIpc) is 2.48. The zero-order valence-electron chi connectivity index (χ0n) is 11.3. The molecular formula is C13H13ClN4O4. The summed E-state index contributed by atoms with van der Waals surface area (Å²) >= 11 is 5.85. The van der Waals surface area contributed by atoms with Crippen molar-refractivity contribution < 1.29 is 9.85 Å². The topological polar surface area (TPSA) is 124 Å². The first-order valence-electron chi connectivity index (χ1n) is 6.32. The van der Waals surface area contributed by atoms with E-state index >= 15 is 0 Å². The highest BCUT2D eigenvalue weighted by molar-refractivity contribution is 6.31. The van der Waals surface area contributed by atoms with Gasteiger partial charge in [0.25, 0.3) is 0 Å². The van der Waals surface area contributed by atoms with E-state index in [2.05, 4.69) is 5.32 Å². The molecule has 1 atom stereocenters. The lowest BCUT2D eigenvalue weighted by molar-refractivity contribution is -0.789. The summed E-state index contributed by atoms with van der Waals surface area (Å²) in [6.45, 7) is -0.0357. The fraction of sp³-hybridized carbons (Fsp3) is 0.231. The highest BCUT2D eigenvalue weighted by Crippen LogP contribution is 2.38. The maximum atomic E-state index is 11.4. The Morgan fingerprint density at radius 1 is 1.23 bits per heavy atom. The van der Waals surface area contributed by atoms with Crippen molar-refractivity contribution in [3.8, 4) is 0 Å². The summed E-state index contributed by atoms with van der Waals surface area (Å²) in [5, 5.41) is 25.2. The maximum Gasteiger partial charge on any atom is 0.504 e. The molecule has 1 aliphatic carbocycles. The van der Waals surface area contributed by atoms with Crippen LogP contribution in [-0.4, -0.2) is 22.1 Å². The standard InChI is InChI=1S/C13H13ClN4O4/c14-12-11(15)7-6-9(13(12,17(19)20)18(21)22)8-16-10-4-2-1-3-5-10/h1-7,9,16H,8,15H2. The van der Waals surface area contributed by atoms with Crippen LogP contribution in [0.25, 0.3) is 0 Å². The number of hydrogen-bond donors (Lipinski definition) is 2. The summed E-state index contributed by atoms with van der Waals surface area (Å²) in [5.74, 6) is -1.09. The van der Waals surface area contributed by atoms with Crippen LogP contribution in [0.2, 0.25) is 0 Å². The Balaban J connectivity index is 2.35. The largest absolute Gasteiger partial charge is 0.504 e. The predicted molar refractivity (Wildman–Crippen MR) is 81.3 cm³/mol. The molecule has 3 N–H and O–H groups in total. The van der Waals surface area contributed by atoms with Gasteiger partial charge in [-0.1, -0.05) is 35.9 Å². The summed E-state index contributed by atoms with van der Waals surface area (Å²) in [5.41, 5.74) is 3.37. The van der Waals surface area contributed by atoms with Crippen molar-refractivity contribution in [2.75, 3.05) is 11.9 Å². The third-order valence-electron chi connectivity index (χ3n) is 3.46. The second-order valence-corrected chi connectivity index (χ2v) is 5.10. The van der Waals surface area contributed by atoms with Gasteiger partial charge < -0.3 is 11.1 Å². The molecular weight excluding hydrogens is 312 g/mol. The fourth-order valence-electron chi connectivity index (χ4n) is 2.29. The molecule has 22 heavy (non-hydrogen) atoms. The van der Waals surface area contributed by atoms with E-state index in [1.54, 1.807) is 24.3 Å². The molecule has 116 valence electrons. The number of anilines is 1. The number of allylic oxidation sites excluding steroid dienone is 1. The van der Waals surface area contributed by atoms with Crippen molar-refractivity contribution in [1.82, 2.24) is 0 Å².